The molecule has 0 spiro atoms. The molecule has 2 nitrogen and oxygen atoms in total. The first-order valence-electron chi connectivity index (χ1n) is 5.42. The summed E-state index contributed by atoms with van der Waals surface area (Å²) in [4.78, 5) is 0. The minimum atomic E-state index is 1.01. The van der Waals surface area contributed by atoms with Gasteiger partial charge in [-0.05, 0) is 50.6 Å². The quantitative estimate of drug-likeness (QED) is 0.773. The number of rotatable bonds is 4. The SMILES string of the molecule is CNCCCc1ccc2c(C)coc2c1. The highest BCUT2D eigenvalue weighted by molar-refractivity contribution is 5.81. The average molecular weight is 203 g/mol. The van der Waals surface area contributed by atoms with Crippen molar-refractivity contribution in [3.05, 3.63) is 35.6 Å². The molecule has 0 aliphatic carbocycles. The molecule has 15 heavy (non-hydrogen) atoms. The Labute approximate surface area is 90.3 Å². The highest BCUT2D eigenvalue weighted by Crippen LogP contribution is 2.21. The van der Waals surface area contributed by atoms with Gasteiger partial charge in [0.25, 0.3) is 0 Å². The Balaban J connectivity index is 2.16. The highest BCUT2D eigenvalue weighted by Gasteiger charge is 2.02. The van der Waals surface area contributed by atoms with Crippen LogP contribution in [0.15, 0.2) is 28.9 Å². The van der Waals surface area contributed by atoms with E-state index in [1.54, 1.807) is 0 Å². The first kappa shape index (κ1) is 10.2. The Morgan fingerprint density at radius 1 is 1.33 bits per heavy atom. The van der Waals surface area contributed by atoms with E-state index in [1.807, 2.05) is 13.3 Å². The predicted molar refractivity (Wildman–Crippen MR) is 63.2 cm³/mol. The normalized spacial score (nSPS) is 11.1. The molecular weight excluding hydrogens is 186 g/mol. The molecule has 0 bridgehead atoms. The summed E-state index contributed by atoms with van der Waals surface area (Å²) in [6.45, 7) is 3.14. The number of hydrogen-bond donors (Lipinski definition) is 1. The van der Waals surface area contributed by atoms with Crippen molar-refractivity contribution in [1.29, 1.82) is 0 Å². The molecule has 80 valence electrons. The van der Waals surface area contributed by atoms with Gasteiger partial charge in [0.05, 0.1) is 6.26 Å². The Kier molecular flexibility index (Phi) is 3.07. The Hall–Kier alpha value is -1.28. The maximum absolute atomic E-state index is 5.48. The van der Waals surface area contributed by atoms with Crippen molar-refractivity contribution >= 4 is 11.0 Å². The van der Waals surface area contributed by atoms with E-state index >= 15 is 0 Å². The molecule has 0 unspecified atom stereocenters. The molecule has 1 N–H and O–H groups in total. The number of fused-ring (bicyclic) bond motifs is 1. The van der Waals surface area contributed by atoms with Crippen LogP contribution in [0.4, 0.5) is 0 Å². The van der Waals surface area contributed by atoms with E-state index in [0.29, 0.717) is 0 Å². The van der Waals surface area contributed by atoms with E-state index < -0.39 is 0 Å². The van der Waals surface area contributed by atoms with Gasteiger partial charge >= 0.3 is 0 Å². The zero-order valence-corrected chi connectivity index (χ0v) is 9.34. The summed E-state index contributed by atoms with van der Waals surface area (Å²) >= 11 is 0. The van der Waals surface area contributed by atoms with Gasteiger partial charge in [-0.25, -0.2) is 0 Å². The number of hydrogen-bond acceptors (Lipinski definition) is 2. The smallest absolute Gasteiger partial charge is 0.134 e. The van der Waals surface area contributed by atoms with Gasteiger partial charge in [-0.15, -0.1) is 0 Å². The molecule has 2 rings (SSSR count). The lowest BCUT2D eigenvalue weighted by molar-refractivity contribution is 0.612. The lowest BCUT2D eigenvalue weighted by Crippen LogP contribution is -2.08. The van der Waals surface area contributed by atoms with E-state index in [4.69, 9.17) is 4.42 Å². The largest absolute Gasteiger partial charge is 0.464 e. The number of aryl methyl sites for hydroxylation is 2. The fourth-order valence-electron chi connectivity index (χ4n) is 1.83. The van der Waals surface area contributed by atoms with E-state index in [0.717, 1.165) is 18.5 Å². The van der Waals surface area contributed by atoms with Gasteiger partial charge in [0, 0.05) is 5.39 Å². The average Bonchev–Trinajstić information content (AvgIpc) is 2.61. The van der Waals surface area contributed by atoms with Gasteiger partial charge in [0.15, 0.2) is 0 Å². The van der Waals surface area contributed by atoms with Crippen LogP contribution in [0.25, 0.3) is 11.0 Å². The summed E-state index contributed by atoms with van der Waals surface area (Å²) in [6.07, 6.45) is 4.10. The molecule has 0 aliphatic heterocycles. The fourth-order valence-corrected chi connectivity index (χ4v) is 1.83. The van der Waals surface area contributed by atoms with Crippen molar-refractivity contribution in [2.45, 2.75) is 19.8 Å². The molecule has 2 heteroatoms. The Morgan fingerprint density at radius 3 is 3.00 bits per heavy atom. The molecule has 0 saturated carbocycles. The molecule has 0 amide bonds. The van der Waals surface area contributed by atoms with Crippen molar-refractivity contribution in [2.24, 2.45) is 0 Å². The third-order valence-electron chi connectivity index (χ3n) is 2.73. The van der Waals surface area contributed by atoms with Crippen LogP contribution in [0.5, 0.6) is 0 Å². The molecule has 1 aromatic heterocycles. The second-order valence-corrected chi connectivity index (χ2v) is 3.96. The summed E-state index contributed by atoms with van der Waals surface area (Å²) in [6, 6.07) is 6.50. The molecule has 0 aliphatic rings. The number of furan rings is 1. The van der Waals surface area contributed by atoms with Crippen molar-refractivity contribution in [2.75, 3.05) is 13.6 Å². The number of nitrogens with one attached hydrogen (secondary N) is 1. The number of benzene rings is 1. The van der Waals surface area contributed by atoms with Crippen molar-refractivity contribution in [1.82, 2.24) is 5.32 Å². The van der Waals surface area contributed by atoms with Gasteiger partial charge in [0.1, 0.15) is 5.58 Å². The maximum Gasteiger partial charge on any atom is 0.134 e. The van der Waals surface area contributed by atoms with Gasteiger partial charge in [-0.3, -0.25) is 0 Å². The van der Waals surface area contributed by atoms with Crippen LogP contribution in [0, 0.1) is 6.92 Å². The summed E-state index contributed by atoms with van der Waals surface area (Å²) in [5, 5.41) is 4.38. The predicted octanol–water partition coefficient (Wildman–Crippen LogP) is 2.89. The topological polar surface area (TPSA) is 25.2 Å². The van der Waals surface area contributed by atoms with Crippen LogP contribution in [-0.2, 0) is 6.42 Å². The second kappa shape index (κ2) is 4.49. The molecule has 0 atom stereocenters. The molecule has 0 fully saturated rings. The highest BCUT2D eigenvalue weighted by atomic mass is 16.3. The van der Waals surface area contributed by atoms with Crippen LogP contribution < -0.4 is 5.32 Å². The minimum Gasteiger partial charge on any atom is -0.464 e. The minimum absolute atomic E-state index is 1.01. The molecule has 0 saturated heterocycles. The summed E-state index contributed by atoms with van der Waals surface area (Å²) in [5.41, 5.74) is 3.58. The second-order valence-electron chi connectivity index (χ2n) is 3.96. The first-order valence-corrected chi connectivity index (χ1v) is 5.42. The lowest BCUT2D eigenvalue weighted by Gasteiger charge is -2.01. The summed E-state index contributed by atoms with van der Waals surface area (Å²) in [5.74, 6) is 0. The Morgan fingerprint density at radius 2 is 2.20 bits per heavy atom. The van der Waals surface area contributed by atoms with Crippen LogP contribution in [0.1, 0.15) is 17.5 Å². The third kappa shape index (κ3) is 2.21. The molecule has 2 aromatic rings. The van der Waals surface area contributed by atoms with E-state index in [9.17, 15) is 0 Å². The van der Waals surface area contributed by atoms with E-state index in [2.05, 4.69) is 30.4 Å². The summed E-state index contributed by atoms with van der Waals surface area (Å²) in [7, 11) is 1.99. The van der Waals surface area contributed by atoms with Crippen LogP contribution in [-0.4, -0.2) is 13.6 Å². The van der Waals surface area contributed by atoms with Gasteiger partial charge in [0.2, 0.25) is 0 Å². The lowest BCUT2D eigenvalue weighted by atomic mass is 10.1. The van der Waals surface area contributed by atoms with Crippen molar-refractivity contribution in [3.8, 4) is 0 Å². The maximum atomic E-state index is 5.48. The van der Waals surface area contributed by atoms with Gasteiger partial charge in [-0.2, -0.15) is 0 Å². The zero-order valence-electron chi connectivity index (χ0n) is 9.34. The fraction of sp³-hybridized carbons (Fsp3) is 0.385. The molecule has 1 heterocycles. The third-order valence-corrected chi connectivity index (χ3v) is 2.73. The van der Waals surface area contributed by atoms with Crippen LogP contribution in [0.3, 0.4) is 0 Å². The van der Waals surface area contributed by atoms with E-state index in [-0.39, 0.29) is 0 Å². The van der Waals surface area contributed by atoms with Crippen molar-refractivity contribution < 1.29 is 4.42 Å². The van der Waals surface area contributed by atoms with Gasteiger partial charge < -0.3 is 9.73 Å². The van der Waals surface area contributed by atoms with Crippen molar-refractivity contribution in [3.63, 3.8) is 0 Å². The van der Waals surface area contributed by atoms with Gasteiger partial charge in [-0.1, -0.05) is 12.1 Å². The van der Waals surface area contributed by atoms with Crippen LogP contribution >= 0.6 is 0 Å². The first-order chi connectivity index (χ1) is 7.31. The monoisotopic (exact) mass is 203 g/mol. The molecular formula is C13H17NO. The molecule has 1 aromatic carbocycles. The molecule has 0 radical (unpaired) electrons. The Bertz CT molecular complexity index is 445. The standard InChI is InChI=1S/C13H17NO/c1-10-9-15-13-8-11(4-3-7-14-2)5-6-12(10)13/h5-6,8-9,14H,3-4,7H2,1-2H3. The van der Waals surface area contributed by atoms with E-state index in [1.165, 1.54) is 22.9 Å². The summed E-state index contributed by atoms with van der Waals surface area (Å²) < 4.78 is 5.48. The zero-order chi connectivity index (χ0) is 10.7. The van der Waals surface area contributed by atoms with Crippen LogP contribution in [0.2, 0.25) is 0 Å².